The topological polar surface area (TPSA) is 33.2 Å². The Hall–Kier alpha value is -1.90. The van der Waals surface area contributed by atoms with Crippen LogP contribution in [0.25, 0.3) is 10.9 Å². The monoisotopic (exact) mass is 266 g/mol. The van der Waals surface area contributed by atoms with Gasteiger partial charge in [-0.25, -0.2) is 0 Å². The fourth-order valence-corrected chi connectivity index (χ4v) is 3.05. The minimum Gasteiger partial charge on any atom is -0.339 e. The van der Waals surface area contributed by atoms with E-state index in [9.17, 15) is 4.79 Å². The molecule has 20 heavy (non-hydrogen) atoms. The van der Waals surface area contributed by atoms with Crippen molar-refractivity contribution in [3.8, 4) is 0 Å². The zero-order chi connectivity index (χ0) is 13.5. The van der Waals surface area contributed by atoms with E-state index in [-0.39, 0.29) is 5.91 Å². The standard InChI is InChI=1S/C17H18N2O/c20-17(19-9-3-4-10-19)14-11-16(12-7-8-12)18-15-6-2-1-5-13(14)15/h1-2,5-6,11-12H,3-4,7-10H2. The fourth-order valence-electron chi connectivity index (χ4n) is 3.05. The van der Waals surface area contributed by atoms with E-state index < -0.39 is 0 Å². The number of nitrogens with zero attached hydrogens (tertiary/aromatic N) is 2. The van der Waals surface area contributed by atoms with Crippen LogP contribution in [0.5, 0.6) is 0 Å². The highest BCUT2D eigenvalue weighted by molar-refractivity contribution is 6.06. The van der Waals surface area contributed by atoms with Crippen LogP contribution in [0.15, 0.2) is 30.3 Å². The SMILES string of the molecule is O=C(c1cc(C2CC2)nc2ccccc12)N1CCCC1. The molecule has 4 rings (SSSR count). The Morgan fingerprint density at radius 3 is 2.65 bits per heavy atom. The molecular weight excluding hydrogens is 248 g/mol. The minimum absolute atomic E-state index is 0.183. The summed E-state index contributed by atoms with van der Waals surface area (Å²) in [6.07, 6.45) is 4.68. The number of aromatic nitrogens is 1. The molecule has 0 spiro atoms. The van der Waals surface area contributed by atoms with E-state index in [0.29, 0.717) is 5.92 Å². The Labute approximate surface area is 118 Å². The van der Waals surface area contributed by atoms with Crippen molar-refractivity contribution in [2.75, 3.05) is 13.1 Å². The normalized spacial score (nSPS) is 18.7. The summed E-state index contributed by atoms with van der Waals surface area (Å²) in [6, 6.07) is 10.1. The summed E-state index contributed by atoms with van der Waals surface area (Å²) in [7, 11) is 0. The molecule has 2 aliphatic rings. The van der Waals surface area contributed by atoms with Gasteiger partial charge in [-0.05, 0) is 37.8 Å². The second-order valence-electron chi connectivity index (χ2n) is 5.89. The molecule has 0 unspecified atom stereocenters. The van der Waals surface area contributed by atoms with E-state index >= 15 is 0 Å². The number of hydrogen-bond acceptors (Lipinski definition) is 2. The Balaban J connectivity index is 1.84. The number of likely N-dealkylation sites (tertiary alicyclic amines) is 1. The van der Waals surface area contributed by atoms with Crippen molar-refractivity contribution in [3.05, 3.63) is 41.6 Å². The number of para-hydroxylation sites is 1. The summed E-state index contributed by atoms with van der Waals surface area (Å²) in [6.45, 7) is 1.79. The fraction of sp³-hybridized carbons (Fsp3) is 0.412. The molecule has 1 saturated heterocycles. The number of benzene rings is 1. The van der Waals surface area contributed by atoms with E-state index in [2.05, 4.69) is 0 Å². The van der Waals surface area contributed by atoms with Crippen molar-refractivity contribution in [1.29, 1.82) is 0 Å². The van der Waals surface area contributed by atoms with E-state index in [1.54, 1.807) is 0 Å². The van der Waals surface area contributed by atoms with Gasteiger partial charge in [0, 0.05) is 30.1 Å². The summed E-state index contributed by atoms with van der Waals surface area (Å²) in [5.74, 6) is 0.757. The first-order valence-corrected chi connectivity index (χ1v) is 7.52. The number of hydrogen-bond donors (Lipinski definition) is 0. The lowest BCUT2D eigenvalue weighted by Crippen LogP contribution is -2.28. The Bertz CT molecular complexity index is 670. The van der Waals surface area contributed by atoms with E-state index in [4.69, 9.17) is 4.98 Å². The molecule has 0 radical (unpaired) electrons. The molecule has 102 valence electrons. The van der Waals surface area contributed by atoms with Gasteiger partial charge in [-0.15, -0.1) is 0 Å². The van der Waals surface area contributed by atoms with Gasteiger partial charge in [0.15, 0.2) is 0 Å². The zero-order valence-electron chi connectivity index (χ0n) is 11.5. The number of carbonyl (C=O) groups is 1. The van der Waals surface area contributed by atoms with Gasteiger partial charge in [0.25, 0.3) is 5.91 Å². The predicted octanol–water partition coefficient (Wildman–Crippen LogP) is 3.35. The van der Waals surface area contributed by atoms with Gasteiger partial charge in [-0.1, -0.05) is 18.2 Å². The quantitative estimate of drug-likeness (QED) is 0.835. The summed E-state index contributed by atoms with van der Waals surface area (Å²) >= 11 is 0. The molecule has 1 aliphatic heterocycles. The van der Waals surface area contributed by atoms with Crippen LogP contribution in [0.1, 0.15) is 47.7 Å². The predicted molar refractivity (Wildman–Crippen MR) is 78.9 cm³/mol. The maximum Gasteiger partial charge on any atom is 0.254 e. The second-order valence-corrected chi connectivity index (χ2v) is 5.89. The number of carbonyl (C=O) groups excluding carboxylic acids is 1. The van der Waals surface area contributed by atoms with Crippen LogP contribution >= 0.6 is 0 Å². The first-order chi connectivity index (χ1) is 9.83. The highest BCUT2D eigenvalue weighted by Crippen LogP contribution is 2.40. The molecular formula is C17H18N2O. The Morgan fingerprint density at radius 1 is 1.15 bits per heavy atom. The minimum atomic E-state index is 0.183. The maximum absolute atomic E-state index is 12.8. The number of rotatable bonds is 2. The number of amides is 1. The molecule has 1 aliphatic carbocycles. The number of fused-ring (bicyclic) bond motifs is 1. The van der Waals surface area contributed by atoms with Crippen LogP contribution in [0.2, 0.25) is 0 Å². The maximum atomic E-state index is 12.8. The third-order valence-corrected chi connectivity index (χ3v) is 4.36. The molecule has 0 atom stereocenters. The second kappa shape index (κ2) is 4.58. The molecule has 1 amide bonds. The van der Waals surface area contributed by atoms with Crippen molar-refractivity contribution in [1.82, 2.24) is 9.88 Å². The first kappa shape index (κ1) is 11.9. The Kier molecular flexibility index (Phi) is 2.72. The van der Waals surface area contributed by atoms with E-state index in [1.165, 1.54) is 12.8 Å². The van der Waals surface area contributed by atoms with Crippen molar-refractivity contribution < 1.29 is 4.79 Å². The third-order valence-electron chi connectivity index (χ3n) is 4.36. The molecule has 0 N–H and O–H groups in total. The van der Waals surface area contributed by atoms with Crippen molar-refractivity contribution >= 4 is 16.8 Å². The van der Waals surface area contributed by atoms with Gasteiger partial charge in [-0.3, -0.25) is 9.78 Å². The molecule has 2 aromatic rings. The molecule has 3 nitrogen and oxygen atoms in total. The summed E-state index contributed by atoms with van der Waals surface area (Å²) in [5, 5.41) is 0.994. The smallest absolute Gasteiger partial charge is 0.254 e. The molecule has 3 heteroatoms. The van der Waals surface area contributed by atoms with Gasteiger partial charge in [-0.2, -0.15) is 0 Å². The average molecular weight is 266 g/mol. The van der Waals surface area contributed by atoms with Gasteiger partial charge >= 0.3 is 0 Å². The highest BCUT2D eigenvalue weighted by Gasteiger charge is 2.28. The summed E-state index contributed by atoms with van der Waals surface area (Å²) in [4.78, 5) is 19.5. The van der Waals surface area contributed by atoms with Gasteiger partial charge in [0.2, 0.25) is 0 Å². The van der Waals surface area contributed by atoms with Crippen molar-refractivity contribution in [2.45, 2.75) is 31.6 Å². The molecule has 2 heterocycles. The van der Waals surface area contributed by atoms with Gasteiger partial charge < -0.3 is 4.90 Å². The average Bonchev–Trinajstić information content (AvgIpc) is 3.20. The lowest BCUT2D eigenvalue weighted by Gasteiger charge is -2.17. The van der Waals surface area contributed by atoms with Gasteiger partial charge in [0.1, 0.15) is 0 Å². The largest absolute Gasteiger partial charge is 0.339 e. The third kappa shape index (κ3) is 1.98. The van der Waals surface area contributed by atoms with Crippen LogP contribution in [0.4, 0.5) is 0 Å². The van der Waals surface area contributed by atoms with E-state index in [1.807, 2.05) is 35.2 Å². The lowest BCUT2D eigenvalue weighted by molar-refractivity contribution is 0.0794. The molecule has 1 aromatic carbocycles. The Morgan fingerprint density at radius 2 is 1.90 bits per heavy atom. The van der Waals surface area contributed by atoms with Crippen molar-refractivity contribution in [3.63, 3.8) is 0 Å². The van der Waals surface area contributed by atoms with Crippen LogP contribution in [-0.4, -0.2) is 28.9 Å². The highest BCUT2D eigenvalue weighted by atomic mass is 16.2. The van der Waals surface area contributed by atoms with Crippen LogP contribution in [-0.2, 0) is 0 Å². The van der Waals surface area contributed by atoms with Gasteiger partial charge in [0.05, 0.1) is 11.1 Å². The molecule has 1 saturated carbocycles. The number of pyridine rings is 1. The lowest BCUT2D eigenvalue weighted by atomic mass is 10.0. The summed E-state index contributed by atoms with van der Waals surface area (Å²) < 4.78 is 0. The molecule has 2 fully saturated rings. The van der Waals surface area contributed by atoms with Crippen molar-refractivity contribution in [2.24, 2.45) is 0 Å². The summed E-state index contributed by atoms with van der Waals surface area (Å²) in [5.41, 5.74) is 2.91. The van der Waals surface area contributed by atoms with Crippen LogP contribution in [0.3, 0.4) is 0 Å². The molecule has 1 aromatic heterocycles. The zero-order valence-corrected chi connectivity index (χ0v) is 11.5. The molecule has 0 bridgehead atoms. The van der Waals surface area contributed by atoms with E-state index in [0.717, 1.165) is 48.1 Å². The van der Waals surface area contributed by atoms with Crippen LogP contribution in [0, 0.1) is 0 Å². The first-order valence-electron chi connectivity index (χ1n) is 7.52. The van der Waals surface area contributed by atoms with Crippen LogP contribution < -0.4 is 0 Å².